The van der Waals surface area contributed by atoms with Gasteiger partial charge >= 0.3 is 6.18 Å². The summed E-state index contributed by atoms with van der Waals surface area (Å²) in [6, 6.07) is 8.67. The average Bonchev–Trinajstić information content (AvgIpc) is 3.08. The lowest BCUT2D eigenvalue weighted by Crippen LogP contribution is -2.29. The van der Waals surface area contributed by atoms with Crippen LogP contribution in [0.15, 0.2) is 36.7 Å². The van der Waals surface area contributed by atoms with Crippen LogP contribution in [0.2, 0.25) is 0 Å². The van der Waals surface area contributed by atoms with Gasteiger partial charge in [0.2, 0.25) is 0 Å². The largest absolute Gasteiger partial charge is 0.431 e. The molecular formula is C18H17F3N4O. The number of aromatic amines is 1. The third kappa shape index (κ3) is 2.90. The van der Waals surface area contributed by atoms with Crippen molar-refractivity contribution in [2.24, 2.45) is 5.92 Å². The summed E-state index contributed by atoms with van der Waals surface area (Å²) < 4.78 is 39.0. The van der Waals surface area contributed by atoms with E-state index < -0.39 is 11.9 Å². The third-order valence-electron chi connectivity index (χ3n) is 4.90. The van der Waals surface area contributed by atoms with Crippen molar-refractivity contribution in [3.63, 3.8) is 0 Å². The summed E-state index contributed by atoms with van der Waals surface area (Å²) in [5, 5.41) is 13.3. The number of H-pyrrole nitrogens is 1. The number of aliphatic hydroxyl groups is 1. The van der Waals surface area contributed by atoms with E-state index in [1.165, 1.54) is 11.9 Å². The molecule has 2 aromatic heterocycles. The van der Waals surface area contributed by atoms with E-state index in [4.69, 9.17) is 0 Å². The average molecular weight is 362 g/mol. The number of anilines is 1. The van der Waals surface area contributed by atoms with E-state index in [1.807, 2.05) is 24.3 Å². The van der Waals surface area contributed by atoms with Crippen molar-refractivity contribution in [2.75, 3.05) is 11.9 Å². The van der Waals surface area contributed by atoms with Gasteiger partial charge in [-0.1, -0.05) is 24.3 Å². The molecule has 0 unspecified atom stereocenters. The van der Waals surface area contributed by atoms with Crippen LogP contribution in [-0.4, -0.2) is 26.7 Å². The zero-order valence-electron chi connectivity index (χ0n) is 13.7. The van der Waals surface area contributed by atoms with E-state index in [9.17, 15) is 18.3 Å². The van der Waals surface area contributed by atoms with Gasteiger partial charge in [-0.15, -0.1) is 0 Å². The maximum atomic E-state index is 13.0. The second-order valence-corrected chi connectivity index (χ2v) is 6.47. The molecule has 0 saturated heterocycles. The Morgan fingerprint density at radius 2 is 2.04 bits per heavy atom. The number of halogens is 3. The highest BCUT2D eigenvalue weighted by molar-refractivity contribution is 5.88. The van der Waals surface area contributed by atoms with E-state index in [0.29, 0.717) is 5.82 Å². The standard InChI is InChI=1S/C18H17F3N4O/c19-18(20,21)14-7-13-16(24-14)22-9-23-17(13)25-15-11(8-26)6-5-10-3-1-2-4-12(10)15/h1-4,7,9,11,15,26H,5-6,8H2,(H2,22,23,24,25)/t11-,15-/m1/s1. The van der Waals surface area contributed by atoms with E-state index in [1.54, 1.807) is 0 Å². The summed E-state index contributed by atoms with van der Waals surface area (Å²) >= 11 is 0. The lowest BCUT2D eigenvalue weighted by Gasteiger charge is -2.33. The second kappa shape index (κ2) is 6.28. The van der Waals surface area contributed by atoms with Crippen molar-refractivity contribution in [1.82, 2.24) is 15.0 Å². The number of aromatic nitrogens is 3. The Labute approximate surface area is 147 Å². The summed E-state index contributed by atoms with van der Waals surface area (Å²) in [6.07, 6.45) is -1.60. The molecule has 1 aliphatic carbocycles. The van der Waals surface area contributed by atoms with Crippen molar-refractivity contribution < 1.29 is 18.3 Å². The Kier molecular flexibility index (Phi) is 4.07. The fourth-order valence-electron chi connectivity index (χ4n) is 3.57. The van der Waals surface area contributed by atoms with Crippen molar-refractivity contribution in [1.29, 1.82) is 0 Å². The minimum Gasteiger partial charge on any atom is -0.396 e. The van der Waals surface area contributed by atoms with Crippen LogP contribution in [-0.2, 0) is 12.6 Å². The molecule has 2 heterocycles. The van der Waals surface area contributed by atoms with Crippen LogP contribution in [0.4, 0.5) is 19.0 Å². The molecule has 3 N–H and O–H groups in total. The van der Waals surface area contributed by atoms with E-state index >= 15 is 0 Å². The number of fused-ring (bicyclic) bond motifs is 2. The molecular weight excluding hydrogens is 345 g/mol. The summed E-state index contributed by atoms with van der Waals surface area (Å²) in [7, 11) is 0. The second-order valence-electron chi connectivity index (χ2n) is 6.47. The number of hydrogen-bond donors (Lipinski definition) is 3. The molecule has 3 aromatic rings. The third-order valence-corrected chi connectivity index (χ3v) is 4.90. The first-order chi connectivity index (χ1) is 12.5. The van der Waals surface area contributed by atoms with Gasteiger partial charge in [-0.05, 0) is 30.0 Å². The zero-order valence-corrected chi connectivity index (χ0v) is 13.7. The zero-order chi connectivity index (χ0) is 18.3. The molecule has 0 amide bonds. The quantitative estimate of drug-likeness (QED) is 0.664. The first-order valence-electron chi connectivity index (χ1n) is 8.33. The van der Waals surface area contributed by atoms with E-state index in [-0.39, 0.29) is 29.6 Å². The molecule has 0 spiro atoms. The first-order valence-corrected chi connectivity index (χ1v) is 8.33. The van der Waals surface area contributed by atoms with Gasteiger partial charge in [-0.3, -0.25) is 0 Å². The van der Waals surface area contributed by atoms with Gasteiger partial charge in [0.05, 0.1) is 11.4 Å². The Morgan fingerprint density at radius 1 is 1.23 bits per heavy atom. The highest BCUT2D eigenvalue weighted by Gasteiger charge is 2.34. The first kappa shape index (κ1) is 16.8. The molecule has 0 aliphatic heterocycles. The molecule has 5 nitrogen and oxygen atoms in total. The number of aliphatic hydroxyl groups excluding tert-OH is 1. The van der Waals surface area contributed by atoms with Crippen molar-refractivity contribution in [3.8, 4) is 0 Å². The number of nitrogens with one attached hydrogen (secondary N) is 2. The van der Waals surface area contributed by atoms with Crippen LogP contribution in [0.25, 0.3) is 11.0 Å². The van der Waals surface area contributed by atoms with Crippen LogP contribution in [0, 0.1) is 5.92 Å². The topological polar surface area (TPSA) is 73.8 Å². The van der Waals surface area contributed by atoms with Crippen molar-refractivity contribution in [3.05, 3.63) is 53.5 Å². The van der Waals surface area contributed by atoms with Crippen LogP contribution in [0.3, 0.4) is 0 Å². The Bertz CT molecular complexity index is 938. The van der Waals surface area contributed by atoms with Gasteiger partial charge in [0, 0.05) is 12.5 Å². The highest BCUT2D eigenvalue weighted by Crippen LogP contribution is 2.38. The minimum absolute atomic E-state index is 0.0127. The van der Waals surface area contributed by atoms with Crippen LogP contribution >= 0.6 is 0 Å². The summed E-state index contributed by atoms with van der Waals surface area (Å²) in [5.74, 6) is 0.276. The molecule has 4 rings (SSSR count). The molecule has 0 bridgehead atoms. The Hall–Kier alpha value is -2.61. The molecule has 8 heteroatoms. The van der Waals surface area contributed by atoms with Crippen LogP contribution < -0.4 is 5.32 Å². The van der Waals surface area contributed by atoms with Crippen molar-refractivity contribution >= 4 is 16.9 Å². The van der Waals surface area contributed by atoms with Gasteiger partial charge in [0.1, 0.15) is 23.5 Å². The fourth-order valence-corrected chi connectivity index (χ4v) is 3.57. The summed E-state index contributed by atoms with van der Waals surface area (Å²) in [6.45, 7) is -0.0127. The molecule has 136 valence electrons. The van der Waals surface area contributed by atoms with Crippen LogP contribution in [0.5, 0.6) is 0 Å². The number of hydrogen-bond acceptors (Lipinski definition) is 4. The molecule has 1 aliphatic rings. The maximum absolute atomic E-state index is 13.0. The normalized spacial score (nSPS) is 20.2. The molecule has 0 radical (unpaired) electrons. The van der Waals surface area contributed by atoms with E-state index in [2.05, 4.69) is 20.3 Å². The number of nitrogens with zero attached hydrogens (tertiary/aromatic N) is 2. The van der Waals surface area contributed by atoms with Gasteiger partial charge in [0.15, 0.2) is 0 Å². The summed E-state index contributed by atoms with van der Waals surface area (Å²) in [4.78, 5) is 10.3. The lowest BCUT2D eigenvalue weighted by atomic mass is 9.80. The molecule has 0 saturated carbocycles. The highest BCUT2D eigenvalue weighted by atomic mass is 19.4. The number of benzene rings is 1. The maximum Gasteiger partial charge on any atom is 0.431 e. The molecule has 26 heavy (non-hydrogen) atoms. The molecule has 1 aromatic carbocycles. The van der Waals surface area contributed by atoms with Crippen molar-refractivity contribution in [2.45, 2.75) is 25.1 Å². The van der Waals surface area contributed by atoms with Gasteiger partial charge in [0.25, 0.3) is 0 Å². The lowest BCUT2D eigenvalue weighted by molar-refractivity contribution is -0.140. The minimum atomic E-state index is -4.48. The SMILES string of the molecule is OC[C@H]1CCc2ccccc2[C@@H]1Nc1ncnc2[nH]c(C(F)(F)F)cc12. The predicted octanol–water partition coefficient (Wildman–Crippen LogP) is 3.68. The van der Waals surface area contributed by atoms with E-state index in [0.717, 1.165) is 24.5 Å². The smallest absolute Gasteiger partial charge is 0.396 e. The summed E-state index contributed by atoms with van der Waals surface area (Å²) in [5.41, 5.74) is 1.47. The monoisotopic (exact) mass is 362 g/mol. The van der Waals surface area contributed by atoms with Gasteiger partial charge in [-0.25, -0.2) is 9.97 Å². The number of rotatable bonds is 3. The Morgan fingerprint density at radius 3 is 2.81 bits per heavy atom. The predicted molar refractivity (Wildman–Crippen MR) is 90.6 cm³/mol. The fraction of sp³-hybridized carbons (Fsp3) is 0.333. The Balaban J connectivity index is 1.76. The molecule has 0 fully saturated rings. The number of alkyl halides is 3. The number of aryl methyl sites for hydroxylation is 1. The van der Waals surface area contributed by atoms with Crippen LogP contribution in [0.1, 0.15) is 29.3 Å². The van der Waals surface area contributed by atoms with Gasteiger partial charge in [-0.2, -0.15) is 13.2 Å². The van der Waals surface area contributed by atoms with Gasteiger partial charge < -0.3 is 15.4 Å². The molecule has 2 atom stereocenters.